The minimum absolute atomic E-state index is 0.0495. The first kappa shape index (κ1) is 8.34. The number of aromatic nitrogens is 2. The number of H-pyrrole nitrogens is 1. The maximum atomic E-state index is 11.5. The van der Waals surface area contributed by atoms with Gasteiger partial charge in [0.2, 0.25) is 0 Å². The van der Waals surface area contributed by atoms with E-state index in [0.717, 1.165) is 20.4 Å². The molecule has 0 amide bonds. The molecule has 0 saturated carbocycles. The summed E-state index contributed by atoms with van der Waals surface area (Å²) in [4.78, 5) is 14.3. The van der Waals surface area contributed by atoms with Crippen LogP contribution in [0.3, 0.4) is 0 Å². The molecule has 1 aromatic heterocycles. The van der Waals surface area contributed by atoms with Crippen molar-refractivity contribution in [3.8, 4) is 5.75 Å². The fourth-order valence-corrected chi connectivity index (χ4v) is 2.38. The summed E-state index contributed by atoms with van der Waals surface area (Å²) in [5.41, 5.74) is 1.70. The van der Waals surface area contributed by atoms with Gasteiger partial charge in [0.1, 0.15) is 12.1 Å². The van der Waals surface area contributed by atoms with E-state index in [4.69, 9.17) is 4.74 Å². The zero-order chi connectivity index (χ0) is 9.71. The molecule has 72 valence electrons. The molecule has 14 heavy (non-hydrogen) atoms. The van der Waals surface area contributed by atoms with Gasteiger partial charge in [0.25, 0.3) is 0 Å². The lowest BCUT2D eigenvalue weighted by molar-refractivity contribution is 0.283. The topological polar surface area (TPSA) is 47.0 Å². The fourth-order valence-electron chi connectivity index (χ4n) is 1.79. The van der Waals surface area contributed by atoms with Gasteiger partial charge in [-0.25, -0.2) is 4.79 Å². The van der Waals surface area contributed by atoms with Crippen molar-refractivity contribution in [1.29, 1.82) is 0 Å². The highest BCUT2D eigenvalue weighted by molar-refractivity contribution is 14.1. The number of rotatable bonds is 0. The van der Waals surface area contributed by atoms with E-state index in [9.17, 15) is 4.79 Å². The Bertz CT molecular complexity index is 570. The number of halogens is 1. The molecule has 1 aliphatic rings. The molecule has 3 rings (SSSR count). The van der Waals surface area contributed by atoms with Crippen molar-refractivity contribution in [2.24, 2.45) is 0 Å². The summed E-state index contributed by atoms with van der Waals surface area (Å²) in [5, 5.41) is 0. The third-order valence-corrected chi connectivity index (χ3v) is 3.25. The van der Waals surface area contributed by atoms with E-state index in [1.807, 2.05) is 12.1 Å². The van der Waals surface area contributed by atoms with Crippen LogP contribution >= 0.6 is 22.6 Å². The molecule has 0 radical (unpaired) electrons. The van der Waals surface area contributed by atoms with Crippen LogP contribution in [0.25, 0.3) is 11.0 Å². The lowest BCUT2D eigenvalue weighted by Crippen LogP contribution is -2.23. The van der Waals surface area contributed by atoms with Gasteiger partial charge in [0.05, 0.1) is 15.6 Å². The summed E-state index contributed by atoms with van der Waals surface area (Å²) in [7, 11) is 0. The fraction of sp³-hybridized carbons (Fsp3) is 0.222. The predicted octanol–water partition coefficient (Wildman–Crippen LogP) is 1.33. The first-order valence-electron chi connectivity index (χ1n) is 4.31. The van der Waals surface area contributed by atoms with Gasteiger partial charge in [-0.2, -0.15) is 0 Å². The van der Waals surface area contributed by atoms with Crippen molar-refractivity contribution >= 4 is 33.6 Å². The quantitative estimate of drug-likeness (QED) is 0.746. The van der Waals surface area contributed by atoms with Crippen molar-refractivity contribution in [1.82, 2.24) is 9.55 Å². The van der Waals surface area contributed by atoms with Gasteiger partial charge in [-0.15, -0.1) is 0 Å². The van der Waals surface area contributed by atoms with Crippen molar-refractivity contribution < 1.29 is 4.74 Å². The maximum Gasteiger partial charge on any atom is 0.326 e. The molecule has 2 aromatic rings. The van der Waals surface area contributed by atoms with E-state index in [0.29, 0.717) is 13.2 Å². The number of imidazole rings is 1. The van der Waals surface area contributed by atoms with Crippen LogP contribution in [0.15, 0.2) is 16.9 Å². The zero-order valence-corrected chi connectivity index (χ0v) is 9.37. The molecule has 2 heterocycles. The summed E-state index contributed by atoms with van der Waals surface area (Å²) in [6.07, 6.45) is 0. The SMILES string of the molecule is O=c1[nH]c2ccc(I)c3c2n1CCO3. The molecule has 1 aromatic carbocycles. The summed E-state index contributed by atoms with van der Waals surface area (Å²) < 4.78 is 8.33. The number of hydrogen-bond donors (Lipinski definition) is 1. The van der Waals surface area contributed by atoms with E-state index in [1.54, 1.807) is 4.57 Å². The number of benzene rings is 1. The molecule has 4 nitrogen and oxygen atoms in total. The van der Waals surface area contributed by atoms with Crippen molar-refractivity contribution in [3.63, 3.8) is 0 Å². The van der Waals surface area contributed by atoms with Gasteiger partial charge in [-0.05, 0) is 34.7 Å². The largest absolute Gasteiger partial charge is 0.488 e. The Kier molecular flexibility index (Phi) is 1.64. The monoisotopic (exact) mass is 302 g/mol. The number of ether oxygens (including phenoxy) is 1. The van der Waals surface area contributed by atoms with Gasteiger partial charge in [0, 0.05) is 0 Å². The highest BCUT2D eigenvalue weighted by atomic mass is 127. The van der Waals surface area contributed by atoms with Crippen molar-refractivity contribution in [2.75, 3.05) is 6.61 Å². The normalized spacial score (nSPS) is 14.4. The zero-order valence-electron chi connectivity index (χ0n) is 7.21. The Hall–Kier alpha value is -0.980. The Balaban J connectivity index is 2.57. The number of nitrogens with zero attached hydrogens (tertiary/aromatic N) is 1. The molecule has 1 N–H and O–H groups in total. The second-order valence-electron chi connectivity index (χ2n) is 3.20. The minimum Gasteiger partial charge on any atom is -0.488 e. The van der Waals surface area contributed by atoms with Gasteiger partial charge in [-0.1, -0.05) is 0 Å². The predicted molar refractivity (Wildman–Crippen MR) is 60.8 cm³/mol. The first-order valence-corrected chi connectivity index (χ1v) is 5.39. The van der Waals surface area contributed by atoms with Gasteiger partial charge < -0.3 is 9.72 Å². The Morgan fingerprint density at radius 3 is 3.21 bits per heavy atom. The smallest absolute Gasteiger partial charge is 0.326 e. The van der Waals surface area contributed by atoms with Crippen LogP contribution in [-0.4, -0.2) is 16.2 Å². The number of nitrogens with one attached hydrogen (secondary N) is 1. The third kappa shape index (κ3) is 0.956. The van der Waals surface area contributed by atoms with Crippen LogP contribution in [0, 0.1) is 3.57 Å². The van der Waals surface area contributed by atoms with E-state index < -0.39 is 0 Å². The van der Waals surface area contributed by atoms with Gasteiger partial charge >= 0.3 is 5.69 Å². The van der Waals surface area contributed by atoms with Crippen LogP contribution in [0.4, 0.5) is 0 Å². The Morgan fingerprint density at radius 1 is 1.50 bits per heavy atom. The molecular formula is C9H7IN2O2. The van der Waals surface area contributed by atoms with Crippen LogP contribution in [-0.2, 0) is 6.54 Å². The molecule has 0 aliphatic carbocycles. The van der Waals surface area contributed by atoms with Crippen molar-refractivity contribution in [3.05, 3.63) is 26.2 Å². The number of aromatic amines is 1. The average Bonchev–Trinajstić information content (AvgIpc) is 2.52. The lowest BCUT2D eigenvalue weighted by atomic mass is 10.2. The van der Waals surface area contributed by atoms with E-state index in [-0.39, 0.29) is 5.69 Å². The van der Waals surface area contributed by atoms with E-state index in [1.165, 1.54) is 0 Å². The Morgan fingerprint density at radius 2 is 2.36 bits per heavy atom. The molecule has 0 spiro atoms. The number of hydrogen-bond acceptors (Lipinski definition) is 2. The summed E-state index contributed by atoms with van der Waals surface area (Å²) in [6, 6.07) is 3.86. The highest BCUT2D eigenvalue weighted by Crippen LogP contribution is 2.31. The van der Waals surface area contributed by atoms with Crippen LogP contribution in [0.5, 0.6) is 5.75 Å². The van der Waals surface area contributed by atoms with Crippen molar-refractivity contribution in [2.45, 2.75) is 6.54 Å². The molecule has 0 unspecified atom stereocenters. The summed E-state index contributed by atoms with van der Waals surface area (Å²) in [6.45, 7) is 1.20. The molecule has 0 saturated heterocycles. The second kappa shape index (κ2) is 2.75. The lowest BCUT2D eigenvalue weighted by Gasteiger charge is -2.16. The minimum atomic E-state index is -0.0495. The van der Waals surface area contributed by atoms with Crippen LogP contribution in [0.1, 0.15) is 0 Å². The van der Waals surface area contributed by atoms with Crippen LogP contribution < -0.4 is 10.4 Å². The summed E-state index contributed by atoms with van der Waals surface area (Å²) >= 11 is 2.21. The molecule has 5 heteroatoms. The molecule has 0 fully saturated rings. The third-order valence-electron chi connectivity index (χ3n) is 2.40. The highest BCUT2D eigenvalue weighted by Gasteiger charge is 2.18. The average molecular weight is 302 g/mol. The Labute approximate surface area is 93.0 Å². The molecule has 1 aliphatic heterocycles. The van der Waals surface area contributed by atoms with Gasteiger partial charge in [-0.3, -0.25) is 4.57 Å². The first-order chi connectivity index (χ1) is 6.77. The molecule has 0 atom stereocenters. The van der Waals surface area contributed by atoms with E-state index >= 15 is 0 Å². The molecule has 0 bridgehead atoms. The van der Waals surface area contributed by atoms with Crippen LogP contribution in [0.2, 0.25) is 0 Å². The summed E-state index contributed by atoms with van der Waals surface area (Å²) in [5.74, 6) is 0.827. The standard InChI is InChI=1S/C9H7IN2O2/c10-5-1-2-6-7-8(5)14-4-3-12(7)9(13)11-6/h1-2H,3-4H2,(H,11,13). The maximum absolute atomic E-state index is 11.5. The van der Waals surface area contributed by atoms with Gasteiger partial charge in [0.15, 0.2) is 5.75 Å². The molecular weight excluding hydrogens is 295 g/mol. The van der Waals surface area contributed by atoms with E-state index in [2.05, 4.69) is 27.6 Å². The second-order valence-corrected chi connectivity index (χ2v) is 4.37.